The van der Waals surface area contributed by atoms with E-state index in [4.69, 9.17) is 9.40 Å². The minimum absolute atomic E-state index is 0.531. The molecule has 3 rings (SSSR count). The van der Waals surface area contributed by atoms with Gasteiger partial charge in [0.25, 0.3) is 0 Å². The Bertz CT molecular complexity index is 582. The van der Waals surface area contributed by atoms with E-state index in [1.165, 1.54) is 37.7 Å². The summed E-state index contributed by atoms with van der Waals surface area (Å²) < 4.78 is 7.16. The van der Waals surface area contributed by atoms with Crippen molar-refractivity contribution in [1.82, 2.24) is 4.98 Å². The van der Waals surface area contributed by atoms with Crippen LogP contribution in [0.3, 0.4) is 0 Å². The van der Waals surface area contributed by atoms with E-state index in [0.717, 1.165) is 27.0 Å². The fourth-order valence-corrected chi connectivity index (χ4v) is 3.39. The predicted molar refractivity (Wildman–Crippen MR) is 77.0 cm³/mol. The average molecular weight is 308 g/mol. The maximum atomic E-state index is 6.04. The van der Waals surface area contributed by atoms with Gasteiger partial charge in [-0.25, -0.2) is 4.98 Å². The first-order valence-electron chi connectivity index (χ1n) is 6.73. The number of aryl methyl sites for hydroxylation is 2. The molecule has 0 N–H and O–H groups in total. The number of halogens is 1. The summed E-state index contributed by atoms with van der Waals surface area (Å²) in [6, 6.07) is 2.12. The highest BCUT2D eigenvalue weighted by Crippen LogP contribution is 2.36. The van der Waals surface area contributed by atoms with Gasteiger partial charge in [0.1, 0.15) is 5.52 Å². The van der Waals surface area contributed by atoms with Gasteiger partial charge in [0.05, 0.1) is 0 Å². The Morgan fingerprint density at radius 2 is 1.94 bits per heavy atom. The van der Waals surface area contributed by atoms with Crippen LogP contribution in [0.1, 0.15) is 55.0 Å². The maximum Gasteiger partial charge on any atom is 0.198 e. The summed E-state index contributed by atoms with van der Waals surface area (Å²) in [6.07, 6.45) is 6.44. The van der Waals surface area contributed by atoms with Gasteiger partial charge in [0.2, 0.25) is 0 Å². The first kappa shape index (κ1) is 12.2. The molecule has 1 aromatic carbocycles. The lowest BCUT2D eigenvalue weighted by Crippen LogP contribution is -2.04. The molecule has 0 saturated heterocycles. The molecule has 3 heteroatoms. The smallest absolute Gasteiger partial charge is 0.198 e. The highest BCUT2D eigenvalue weighted by Gasteiger charge is 2.22. The zero-order valence-corrected chi connectivity index (χ0v) is 12.5. The Labute approximate surface area is 116 Å². The monoisotopic (exact) mass is 307 g/mol. The number of hydrogen-bond donors (Lipinski definition) is 0. The zero-order valence-electron chi connectivity index (χ0n) is 10.9. The second-order valence-electron chi connectivity index (χ2n) is 5.37. The minimum Gasteiger partial charge on any atom is -0.440 e. The van der Waals surface area contributed by atoms with E-state index in [1.807, 2.05) is 0 Å². The summed E-state index contributed by atoms with van der Waals surface area (Å²) in [6.45, 7) is 4.18. The molecule has 1 aromatic heterocycles. The molecular weight excluding hydrogens is 290 g/mol. The molecule has 18 heavy (non-hydrogen) atoms. The quantitative estimate of drug-likeness (QED) is 0.718. The van der Waals surface area contributed by atoms with Gasteiger partial charge in [0, 0.05) is 10.4 Å². The number of rotatable bonds is 1. The number of benzene rings is 1. The third-order valence-corrected chi connectivity index (χ3v) is 4.84. The van der Waals surface area contributed by atoms with Gasteiger partial charge < -0.3 is 4.42 Å². The van der Waals surface area contributed by atoms with Crippen molar-refractivity contribution in [3.05, 3.63) is 27.6 Å². The van der Waals surface area contributed by atoms with Crippen LogP contribution < -0.4 is 0 Å². The highest BCUT2D eigenvalue weighted by molar-refractivity contribution is 9.10. The summed E-state index contributed by atoms with van der Waals surface area (Å²) in [4.78, 5) is 4.76. The Hall–Kier alpha value is -0.830. The zero-order chi connectivity index (χ0) is 12.7. The fraction of sp³-hybridized carbons (Fsp3) is 0.533. The number of aromatic nitrogens is 1. The van der Waals surface area contributed by atoms with Crippen molar-refractivity contribution >= 4 is 27.0 Å². The summed E-state index contributed by atoms with van der Waals surface area (Å²) in [5.74, 6) is 1.48. The molecule has 1 aliphatic carbocycles. The molecule has 1 fully saturated rings. The van der Waals surface area contributed by atoms with Crippen LogP contribution in [0, 0.1) is 13.8 Å². The van der Waals surface area contributed by atoms with Crippen molar-refractivity contribution in [2.24, 2.45) is 0 Å². The molecule has 1 heterocycles. The molecule has 0 aliphatic heterocycles. The standard InChI is InChI=1S/C15H18BrNO/c1-9-8-12(16)10(2)13-14(9)18-15(17-13)11-6-4-3-5-7-11/h8,11H,3-7H2,1-2H3. The van der Waals surface area contributed by atoms with E-state index in [1.54, 1.807) is 0 Å². The SMILES string of the molecule is Cc1c(Br)cc(C)c2oc(C3CCCCC3)nc12. The molecule has 0 radical (unpaired) electrons. The molecule has 1 saturated carbocycles. The largest absolute Gasteiger partial charge is 0.440 e. The van der Waals surface area contributed by atoms with Crippen LogP contribution in [-0.2, 0) is 0 Å². The van der Waals surface area contributed by atoms with Crippen molar-refractivity contribution in [1.29, 1.82) is 0 Å². The Kier molecular flexibility index (Phi) is 3.18. The molecule has 96 valence electrons. The first-order valence-corrected chi connectivity index (χ1v) is 7.52. The van der Waals surface area contributed by atoms with Gasteiger partial charge in [-0.1, -0.05) is 35.2 Å². The van der Waals surface area contributed by atoms with E-state index in [-0.39, 0.29) is 0 Å². The summed E-state index contributed by atoms with van der Waals surface area (Å²) in [7, 11) is 0. The van der Waals surface area contributed by atoms with Crippen molar-refractivity contribution in [3.8, 4) is 0 Å². The number of nitrogens with zero attached hydrogens (tertiary/aromatic N) is 1. The summed E-state index contributed by atoms with van der Waals surface area (Å²) >= 11 is 3.59. The van der Waals surface area contributed by atoms with Crippen molar-refractivity contribution in [2.75, 3.05) is 0 Å². The number of hydrogen-bond acceptors (Lipinski definition) is 2. The lowest BCUT2D eigenvalue weighted by Gasteiger charge is -2.17. The van der Waals surface area contributed by atoms with Crippen LogP contribution in [0.5, 0.6) is 0 Å². The Morgan fingerprint density at radius 3 is 2.67 bits per heavy atom. The highest BCUT2D eigenvalue weighted by atomic mass is 79.9. The van der Waals surface area contributed by atoms with E-state index >= 15 is 0 Å². The second-order valence-corrected chi connectivity index (χ2v) is 6.22. The number of oxazole rings is 1. The molecule has 0 spiro atoms. The molecule has 2 nitrogen and oxygen atoms in total. The molecule has 2 aromatic rings. The van der Waals surface area contributed by atoms with Crippen molar-refractivity contribution in [3.63, 3.8) is 0 Å². The Morgan fingerprint density at radius 1 is 1.22 bits per heavy atom. The second kappa shape index (κ2) is 4.69. The van der Waals surface area contributed by atoms with Crippen LogP contribution in [0.4, 0.5) is 0 Å². The van der Waals surface area contributed by atoms with Crippen LogP contribution in [0.25, 0.3) is 11.1 Å². The molecule has 0 amide bonds. The lowest BCUT2D eigenvalue weighted by atomic mass is 9.89. The average Bonchev–Trinajstić information content (AvgIpc) is 2.83. The maximum absolute atomic E-state index is 6.04. The van der Waals surface area contributed by atoms with Crippen LogP contribution in [0.15, 0.2) is 15.0 Å². The van der Waals surface area contributed by atoms with Crippen LogP contribution in [0.2, 0.25) is 0 Å². The molecule has 0 bridgehead atoms. The van der Waals surface area contributed by atoms with Crippen LogP contribution in [-0.4, -0.2) is 4.98 Å². The summed E-state index contributed by atoms with van der Waals surface area (Å²) in [5, 5.41) is 0. The number of fused-ring (bicyclic) bond motifs is 1. The van der Waals surface area contributed by atoms with Gasteiger partial charge in [0.15, 0.2) is 11.5 Å². The van der Waals surface area contributed by atoms with Gasteiger partial charge in [-0.3, -0.25) is 0 Å². The molecular formula is C15H18BrNO. The van der Waals surface area contributed by atoms with E-state index < -0.39 is 0 Å². The minimum atomic E-state index is 0.531. The molecule has 0 unspecified atom stereocenters. The van der Waals surface area contributed by atoms with Gasteiger partial charge >= 0.3 is 0 Å². The van der Waals surface area contributed by atoms with E-state index in [9.17, 15) is 0 Å². The van der Waals surface area contributed by atoms with Crippen molar-refractivity contribution in [2.45, 2.75) is 51.9 Å². The first-order chi connectivity index (χ1) is 8.66. The summed E-state index contributed by atoms with van der Waals surface area (Å²) in [5.41, 5.74) is 4.34. The predicted octanol–water partition coefficient (Wildman–Crippen LogP) is 5.25. The van der Waals surface area contributed by atoms with E-state index in [0.29, 0.717) is 5.92 Å². The fourth-order valence-electron chi connectivity index (χ4n) is 2.86. The molecule has 0 atom stereocenters. The van der Waals surface area contributed by atoms with Crippen molar-refractivity contribution < 1.29 is 4.42 Å². The lowest BCUT2D eigenvalue weighted by molar-refractivity contribution is 0.373. The topological polar surface area (TPSA) is 26.0 Å². The normalized spacial score (nSPS) is 17.5. The van der Waals surface area contributed by atoms with Crippen LogP contribution >= 0.6 is 15.9 Å². The van der Waals surface area contributed by atoms with Gasteiger partial charge in [-0.15, -0.1) is 0 Å². The van der Waals surface area contributed by atoms with Gasteiger partial charge in [-0.2, -0.15) is 0 Å². The molecule has 1 aliphatic rings. The van der Waals surface area contributed by atoms with E-state index in [2.05, 4.69) is 35.8 Å². The third-order valence-electron chi connectivity index (χ3n) is 4.01. The van der Waals surface area contributed by atoms with Gasteiger partial charge in [-0.05, 0) is 43.9 Å². The third kappa shape index (κ3) is 1.99. The Balaban J connectivity index is 2.10.